The molecule has 1 atom stereocenters. The van der Waals surface area contributed by atoms with Crippen LogP contribution in [0.4, 0.5) is 0 Å². The van der Waals surface area contributed by atoms with Crippen molar-refractivity contribution >= 4 is 0 Å². The molecule has 11 heavy (non-hydrogen) atoms. The summed E-state index contributed by atoms with van der Waals surface area (Å²) in [6.07, 6.45) is 4.22. The van der Waals surface area contributed by atoms with Gasteiger partial charge in [-0.15, -0.1) is 6.58 Å². The van der Waals surface area contributed by atoms with E-state index >= 15 is 0 Å². The average molecular weight is 156 g/mol. The highest BCUT2D eigenvalue weighted by Crippen LogP contribution is 2.02. The molecule has 0 aromatic heterocycles. The zero-order valence-corrected chi connectivity index (χ0v) is 7.71. The van der Waals surface area contributed by atoms with Crippen molar-refractivity contribution < 1.29 is 0 Å². The number of rotatable bonds is 6. The van der Waals surface area contributed by atoms with Crippen LogP contribution in [0, 0.1) is 0 Å². The van der Waals surface area contributed by atoms with Crippen molar-refractivity contribution in [3.63, 3.8) is 0 Å². The fourth-order valence-electron chi connectivity index (χ4n) is 1.02. The second-order valence-electron chi connectivity index (χ2n) is 3.01. The molecule has 2 N–H and O–H groups in total. The zero-order valence-electron chi connectivity index (χ0n) is 7.71. The fourth-order valence-corrected chi connectivity index (χ4v) is 1.02. The average Bonchev–Trinajstić information content (AvgIpc) is 2.00. The van der Waals surface area contributed by atoms with Crippen molar-refractivity contribution in [1.29, 1.82) is 0 Å². The fraction of sp³-hybridized carbons (Fsp3) is 0.778. The van der Waals surface area contributed by atoms with Crippen molar-refractivity contribution in [3.8, 4) is 0 Å². The Morgan fingerprint density at radius 3 is 2.73 bits per heavy atom. The molecule has 0 fully saturated rings. The second-order valence-corrected chi connectivity index (χ2v) is 3.01. The Hall–Kier alpha value is -0.340. The lowest BCUT2D eigenvalue weighted by Crippen LogP contribution is -2.29. The number of hydrogen-bond acceptors (Lipinski definition) is 2. The molecule has 0 heterocycles. The molecule has 0 aliphatic carbocycles. The lowest BCUT2D eigenvalue weighted by atomic mass is 10.1. The van der Waals surface area contributed by atoms with E-state index in [0.29, 0.717) is 6.04 Å². The van der Waals surface area contributed by atoms with Gasteiger partial charge in [-0.3, -0.25) is 0 Å². The standard InChI is InChI=1S/C9H20N2/c1-4-8-11(3)9(2)6-5-7-10/h4,9H,1,5-8,10H2,2-3H3. The molecule has 1 unspecified atom stereocenters. The van der Waals surface area contributed by atoms with Crippen molar-refractivity contribution in [2.24, 2.45) is 5.73 Å². The lowest BCUT2D eigenvalue weighted by molar-refractivity contribution is 0.268. The van der Waals surface area contributed by atoms with Crippen LogP contribution in [0.15, 0.2) is 12.7 Å². The van der Waals surface area contributed by atoms with E-state index in [-0.39, 0.29) is 0 Å². The topological polar surface area (TPSA) is 29.3 Å². The highest BCUT2D eigenvalue weighted by Gasteiger charge is 2.05. The van der Waals surface area contributed by atoms with E-state index in [1.807, 2.05) is 6.08 Å². The van der Waals surface area contributed by atoms with Gasteiger partial charge in [0, 0.05) is 12.6 Å². The van der Waals surface area contributed by atoms with Crippen LogP contribution in [-0.2, 0) is 0 Å². The van der Waals surface area contributed by atoms with Crippen LogP contribution in [0.3, 0.4) is 0 Å². The predicted molar refractivity (Wildman–Crippen MR) is 50.6 cm³/mol. The Bertz CT molecular complexity index is 102. The van der Waals surface area contributed by atoms with Crippen LogP contribution in [-0.4, -0.2) is 31.1 Å². The summed E-state index contributed by atoms with van der Waals surface area (Å²) in [6, 6.07) is 0.622. The van der Waals surface area contributed by atoms with Gasteiger partial charge in [-0.1, -0.05) is 6.08 Å². The third-order valence-electron chi connectivity index (χ3n) is 2.00. The maximum atomic E-state index is 5.41. The Kier molecular flexibility index (Phi) is 6.18. The van der Waals surface area contributed by atoms with Crippen LogP contribution >= 0.6 is 0 Å². The largest absolute Gasteiger partial charge is 0.330 e. The van der Waals surface area contributed by atoms with Crippen LogP contribution in [0.1, 0.15) is 19.8 Å². The third-order valence-corrected chi connectivity index (χ3v) is 2.00. The smallest absolute Gasteiger partial charge is 0.0160 e. The van der Waals surface area contributed by atoms with E-state index in [4.69, 9.17) is 5.73 Å². The minimum atomic E-state index is 0.622. The van der Waals surface area contributed by atoms with Crippen molar-refractivity contribution in [3.05, 3.63) is 12.7 Å². The van der Waals surface area contributed by atoms with Gasteiger partial charge in [-0.05, 0) is 33.4 Å². The maximum absolute atomic E-state index is 5.41. The van der Waals surface area contributed by atoms with Gasteiger partial charge >= 0.3 is 0 Å². The summed E-state index contributed by atoms with van der Waals surface area (Å²) in [5.41, 5.74) is 5.41. The van der Waals surface area contributed by atoms with E-state index in [1.54, 1.807) is 0 Å². The minimum Gasteiger partial charge on any atom is -0.330 e. The first kappa shape index (κ1) is 10.7. The van der Waals surface area contributed by atoms with Gasteiger partial charge in [0.2, 0.25) is 0 Å². The van der Waals surface area contributed by atoms with Gasteiger partial charge in [-0.2, -0.15) is 0 Å². The first-order valence-electron chi connectivity index (χ1n) is 4.23. The van der Waals surface area contributed by atoms with Crippen molar-refractivity contribution in [2.45, 2.75) is 25.8 Å². The summed E-state index contributed by atoms with van der Waals surface area (Å²) in [7, 11) is 2.11. The van der Waals surface area contributed by atoms with Gasteiger partial charge in [0.25, 0.3) is 0 Å². The van der Waals surface area contributed by atoms with E-state index in [9.17, 15) is 0 Å². The Morgan fingerprint density at radius 2 is 2.27 bits per heavy atom. The first-order valence-corrected chi connectivity index (χ1v) is 4.23. The van der Waals surface area contributed by atoms with Gasteiger partial charge in [-0.25, -0.2) is 0 Å². The van der Waals surface area contributed by atoms with E-state index in [2.05, 4.69) is 25.5 Å². The molecule has 0 aromatic rings. The monoisotopic (exact) mass is 156 g/mol. The Balaban J connectivity index is 3.45. The third kappa shape index (κ3) is 4.99. The van der Waals surface area contributed by atoms with Crippen molar-refractivity contribution in [2.75, 3.05) is 20.1 Å². The summed E-state index contributed by atoms with van der Waals surface area (Å²) >= 11 is 0. The summed E-state index contributed by atoms with van der Waals surface area (Å²) in [5.74, 6) is 0. The molecule has 0 bridgehead atoms. The minimum absolute atomic E-state index is 0.622. The number of likely N-dealkylation sites (N-methyl/N-ethyl adjacent to an activating group) is 1. The summed E-state index contributed by atoms with van der Waals surface area (Å²) in [6.45, 7) is 7.68. The summed E-state index contributed by atoms with van der Waals surface area (Å²) < 4.78 is 0. The number of nitrogens with zero attached hydrogens (tertiary/aromatic N) is 1. The molecule has 0 aliphatic heterocycles. The molecule has 2 heteroatoms. The molecule has 0 radical (unpaired) electrons. The molecule has 0 saturated heterocycles. The van der Waals surface area contributed by atoms with E-state index < -0.39 is 0 Å². The predicted octanol–water partition coefficient (Wildman–Crippen LogP) is 1.23. The zero-order chi connectivity index (χ0) is 8.69. The lowest BCUT2D eigenvalue weighted by Gasteiger charge is -2.22. The Morgan fingerprint density at radius 1 is 1.64 bits per heavy atom. The second kappa shape index (κ2) is 6.38. The van der Waals surface area contributed by atoms with Crippen LogP contribution < -0.4 is 5.73 Å². The normalized spacial score (nSPS) is 13.5. The molecule has 2 nitrogen and oxygen atoms in total. The van der Waals surface area contributed by atoms with Crippen LogP contribution in [0.25, 0.3) is 0 Å². The van der Waals surface area contributed by atoms with Crippen LogP contribution in [0.5, 0.6) is 0 Å². The number of nitrogens with two attached hydrogens (primary N) is 1. The van der Waals surface area contributed by atoms with Crippen LogP contribution in [0.2, 0.25) is 0 Å². The number of hydrogen-bond donors (Lipinski definition) is 1. The molecule has 0 rings (SSSR count). The Labute approximate surface area is 70.1 Å². The molecule has 66 valence electrons. The SMILES string of the molecule is C=CCN(C)C(C)CCCN. The molecular weight excluding hydrogens is 136 g/mol. The van der Waals surface area contributed by atoms with Gasteiger partial charge in [0.1, 0.15) is 0 Å². The van der Waals surface area contributed by atoms with Crippen molar-refractivity contribution in [1.82, 2.24) is 4.90 Å². The maximum Gasteiger partial charge on any atom is 0.0160 e. The highest BCUT2D eigenvalue weighted by molar-refractivity contribution is 4.74. The summed E-state index contributed by atoms with van der Waals surface area (Å²) in [4.78, 5) is 2.28. The molecule has 0 aromatic carbocycles. The molecule has 0 saturated carbocycles. The molecule has 0 amide bonds. The first-order chi connectivity index (χ1) is 5.22. The highest BCUT2D eigenvalue weighted by atomic mass is 15.1. The molecular formula is C9H20N2. The quantitative estimate of drug-likeness (QED) is 0.586. The summed E-state index contributed by atoms with van der Waals surface area (Å²) in [5, 5.41) is 0. The van der Waals surface area contributed by atoms with E-state index in [0.717, 1.165) is 19.5 Å². The van der Waals surface area contributed by atoms with Gasteiger partial charge in [0.15, 0.2) is 0 Å². The molecule has 0 aliphatic rings. The van der Waals surface area contributed by atoms with E-state index in [1.165, 1.54) is 6.42 Å². The molecule has 0 spiro atoms. The van der Waals surface area contributed by atoms with Gasteiger partial charge < -0.3 is 10.6 Å². The van der Waals surface area contributed by atoms with Gasteiger partial charge in [0.05, 0.1) is 0 Å².